The van der Waals surface area contributed by atoms with Crippen LogP contribution in [0.2, 0.25) is 0 Å². The molecule has 0 N–H and O–H groups in total. The topological polar surface area (TPSA) is 20.3 Å². The highest BCUT2D eigenvalue weighted by Crippen LogP contribution is 2.23. The molecule has 1 amide bonds. The number of carbonyl (C=O) groups is 1. The van der Waals surface area contributed by atoms with Crippen molar-refractivity contribution in [2.45, 2.75) is 65.7 Å². The summed E-state index contributed by atoms with van der Waals surface area (Å²) in [6, 6.07) is 0. The van der Waals surface area contributed by atoms with Crippen LogP contribution in [0.3, 0.4) is 0 Å². The minimum absolute atomic E-state index is 0.285. The van der Waals surface area contributed by atoms with E-state index in [1.54, 1.807) is 0 Å². The Morgan fingerprint density at radius 2 is 1.82 bits per heavy atom. The molecule has 0 aromatic heterocycles. The van der Waals surface area contributed by atoms with Gasteiger partial charge in [-0.15, -0.1) is 0 Å². The molecule has 100 valence electrons. The number of hydrogen-bond donors (Lipinski definition) is 0. The Morgan fingerprint density at radius 1 is 1.18 bits per heavy atom. The average molecular weight is 239 g/mol. The van der Waals surface area contributed by atoms with Gasteiger partial charge in [0.25, 0.3) is 0 Å². The van der Waals surface area contributed by atoms with E-state index in [1.165, 1.54) is 25.7 Å². The molecule has 2 atom stereocenters. The maximum Gasteiger partial charge on any atom is 0.225 e. The second-order valence-electron chi connectivity index (χ2n) is 5.62. The molecule has 1 rings (SSSR count). The van der Waals surface area contributed by atoms with Crippen molar-refractivity contribution in [2.24, 2.45) is 11.8 Å². The molecule has 0 aromatic carbocycles. The zero-order valence-corrected chi connectivity index (χ0v) is 11.9. The smallest absolute Gasteiger partial charge is 0.225 e. The van der Waals surface area contributed by atoms with E-state index in [9.17, 15) is 4.79 Å². The predicted molar refractivity (Wildman–Crippen MR) is 72.9 cm³/mol. The Bertz CT molecular complexity index is 221. The van der Waals surface area contributed by atoms with Gasteiger partial charge in [-0.25, -0.2) is 0 Å². The number of amides is 1. The molecule has 0 aromatic rings. The first-order valence-corrected chi connectivity index (χ1v) is 7.47. The van der Waals surface area contributed by atoms with Crippen LogP contribution in [0, 0.1) is 11.8 Å². The quantitative estimate of drug-likeness (QED) is 0.689. The van der Waals surface area contributed by atoms with E-state index in [0.29, 0.717) is 11.8 Å². The van der Waals surface area contributed by atoms with E-state index in [1.807, 2.05) is 0 Å². The summed E-state index contributed by atoms with van der Waals surface area (Å²) in [5, 5.41) is 0. The van der Waals surface area contributed by atoms with E-state index in [-0.39, 0.29) is 5.92 Å². The van der Waals surface area contributed by atoms with Gasteiger partial charge in [-0.3, -0.25) is 4.79 Å². The van der Waals surface area contributed by atoms with E-state index in [0.717, 1.165) is 32.4 Å². The van der Waals surface area contributed by atoms with Crippen LogP contribution >= 0.6 is 0 Å². The number of rotatable bonds is 6. The van der Waals surface area contributed by atoms with Gasteiger partial charge in [0.2, 0.25) is 5.91 Å². The van der Waals surface area contributed by atoms with Crippen molar-refractivity contribution in [1.29, 1.82) is 0 Å². The molecule has 0 spiro atoms. The first-order chi connectivity index (χ1) is 8.19. The van der Waals surface area contributed by atoms with E-state index in [4.69, 9.17) is 0 Å². The summed E-state index contributed by atoms with van der Waals surface area (Å²) in [7, 11) is 0. The highest BCUT2D eigenvalue weighted by Gasteiger charge is 2.25. The SMILES string of the molecule is CCCC(CC(C)CC)C(=O)N1CCCCC1. The summed E-state index contributed by atoms with van der Waals surface area (Å²) in [6.07, 6.45) is 8.17. The van der Waals surface area contributed by atoms with Crippen LogP contribution in [0.5, 0.6) is 0 Å². The van der Waals surface area contributed by atoms with Crippen molar-refractivity contribution < 1.29 is 4.79 Å². The van der Waals surface area contributed by atoms with Gasteiger partial charge < -0.3 is 4.90 Å². The third kappa shape index (κ3) is 4.69. The first-order valence-electron chi connectivity index (χ1n) is 7.47. The average Bonchev–Trinajstić information content (AvgIpc) is 2.38. The second kappa shape index (κ2) is 7.73. The molecule has 2 unspecified atom stereocenters. The molecule has 1 fully saturated rings. The molecule has 17 heavy (non-hydrogen) atoms. The summed E-state index contributed by atoms with van der Waals surface area (Å²) in [6.45, 7) is 8.68. The minimum atomic E-state index is 0.285. The lowest BCUT2D eigenvalue weighted by Crippen LogP contribution is -2.40. The van der Waals surface area contributed by atoms with Crippen molar-refractivity contribution in [1.82, 2.24) is 4.90 Å². The molecule has 0 radical (unpaired) electrons. The Hall–Kier alpha value is -0.530. The Morgan fingerprint density at radius 3 is 2.35 bits per heavy atom. The third-order valence-electron chi connectivity index (χ3n) is 4.04. The maximum absolute atomic E-state index is 12.5. The largest absolute Gasteiger partial charge is 0.342 e. The monoisotopic (exact) mass is 239 g/mol. The molecule has 0 aliphatic carbocycles. The van der Waals surface area contributed by atoms with Crippen LogP contribution in [0.15, 0.2) is 0 Å². The van der Waals surface area contributed by atoms with Crippen LogP contribution in [0.4, 0.5) is 0 Å². The van der Waals surface area contributed by atoms with Crippen LogP contribution in [0.25, 0.3) is 0 Å². The number of nitrogens with zero attached hydrogens (tertiary/aromatic N) is 1. The lowest BCUT2D eigenvalue weighted by molar-refractivity contribution is -0.137. The van der Waals surface area contributed by atoms with Crippen LogP contribution in [-0.2, 0) is 4.79 Å². The number of likely N-dealkylation sites (tertiary alicyclic amines) is 1. The summed E-state index contributed by atoms with van der Waals surface area (Å²) in [5.74, 6) is 1.40. The standard InChI is InChI=1S/C15H29NO/c1-4-9-14(12-13(3)5-2)15(17)16-10-7-6-8-11-16/h13-14H,4-12H2,1-3H3. The zero-order chi connectivity index (χ0) is 12.7. The van der Waals surface area contributed by atoms with Crippen LogP contribution in [-0.4, -0.2) is 23.9 Å². The molecule has 1 heterocycles. The van der Waals surface area contributed by atoms with Gasteiger partial charge in [-0.1, -0.05) is 33.6 Å². The number of piperidine rings is 1. The van der Waals surface area contributed by atoms with Crippen LogP contribution < -0.4 is 0 Å². The van der Waals surface area contributed by atoms with E-state index in [2.05, 4.69) is 25.7 Å². The first kappa shape index (κ1) is 14.5. The maximum atomic E-state index is 12.5. The van der Waals surface area contributed by atoms with E-state index < -0.39 is 0 Å². The van der Waals surface area contributed by atoms with Gasteiger partial charge in [0.15, 0.2) is 0 Å². The van der Waals surface area contributed by atoms with Gasteiger partial charge in [-0.2, -0.15) is 0 Å². The number of hydrogen-bond acceptors (Lipinski definition) is 1. The predicted octanol–water partition coefficient (Wildman–Crippen LogP) is 3.85. The molecule has 2 nitrogen and oxygen atoms in total. The minimum Gasteiger partial charge on any atom is -0.342 e. The number of carbonyl (C=O) groups excluding carboxylic acids is 1. The summed E-state index contributed by atoms with van der Waals surface area (Å²) in [4.78, 5) is 14.6. The lowest BCUT2D eigenvalue weighted by Gasteiger charge is -2.31. The van der Waals surface area contributed by atoms with Crippen molar-refractivity contribution in [2.75, 3.05) is 13.1 Å². The molecular weight excluding hydrogens is 210 g/mol. The van der Waals surface area contributed by atoms with Crippen molar-refractivity contribution in [3.8, 4) is 0 Å². The van der Waals surface area contributed by atoms with Crippen molar-refractivity contribution in [3.63, 3.8) is 0 Å². The Labute approximate surface area is 107 Å². The summed E-state index contributed by atoms with van der Waals surface area (Å²) >= 11 is 0. The Kier molecular flexibility index (Phi) is 6.61. The molecule has 0 bridgehead atoms. The van der Waals surface area contributed by atoms with Gasteiger partial charge in [0.1, 0.15) is 0 Å². The van der Waals surface area contributed by atoms with Gasteiger partial charge in [-0.05, 0) is 38.0 Å². The highest BCUT2D eigenvalue weighted by molar-refractivity contribution is 5.78. The second-order valence-corrected chi connectivity index (χ2v) is 5.62. The normalized spacial score (nSPS) is 20.1. The summed E-state index contributed by atoms with van der Waals surface area (Å²) in [5.41, 5.74) is 0. The molecule has 1 aliphatic heterocycles. The third-order valence-corrected chi connectivity index (χ3v) is 4.04. The molecule has 1 saturated heterocycles. The molecule has 1 aliphatic rings. The van der Waals surface area contributed by atoms with Gasteiger partial charge >= 0.3 is 0 Å². The highest BCUT2D eigenvalue weighted by atomic mass is 16.2. The fourth-order valence-corrected chi connectivity index (χ4v) is 2.72. The van der Waals surface area contributed by atoms with Crippen LogP contribution in [0.1, 0.15) is 65.7 Å². The molecule has 0 saturated carbocycles. The lowest BCUT2D eigenvalue weighted by atomic mass is 9.89. The fourth-order valence-electron chi connectivity index (χ4n) is 2.72. The van der Waals surface area contributed by atoms with E-state index >= 15 is 0 Å². The molecular formula is C15H29NO. The fraction of sp³-hybridized carbons (Fsp3) is 0.933. The molecule has 2 heteroatoms. The Balaban J connectivity index is 2.52. The van der Waals surface area contributed by atoms with Gasteiger partial charge in [0.05, 0.1) is 0 Å². The summed E-state index contributed by atoms with van der Waals surface area (Å²) < 4.78 is 0. The zero-order valence-electron chi connectivity index (χ0n) is 11.9. The van der Waals surface area contributed by atoms with Crippen molar-refractivity contribution >= 4 is 5.91 Å². The van der Waals surface area contributed by atoms with Gasteiger partial charge in [0, 0.05) is 19.0 Å². The van der Waals surface area contributed by atoms with Crippen molar-refractivity contribution in [3.05, 3.63) is 0 Å².